The Morgan fingerprint density at radius 2 is 1.94 bits per heavy atom. The molecule has 0 radical (unpaired) electrons. The molecule has 0 aliphatic carbocycles. The number of benzene rings is 1. The molecule has 0 fully saturated rings. The van der Waals surface area contributed by atoms with Crippen LogP contribution in [0.25, 0.3) is 0 Å². The average molecular weight is 221 g/mol. The summed E-state index contributed by atoms with van der Waals surface area (Å²) in [6, 6.07) is 7.34. The van der Waals surface area contributed by atoms with Crippen LogP contribution in [0.3, 0.4) is 0 Å². The lowest BCUT2D eigenvalue weighted by molar-refractivity contribution is -0.149. The molecular formula is C13H19NO2. The van der Waals surface area contributed by atoms with E-state index in [1.54, 1.807) is 6.07 Å². The Balaban J connectivity index is 2.55. The lowest BCUT2D eigenvalue weighted by Gasteiger charge is -2.16. The van der Waals surface area contributed by atoms with Crippen molar-refractivity contribution in [1.82, 2.24) is 0 Å². The van der Waals surface area contributed by atoms with Crippen molar-refractivity contribution in [2.75, 3.05) is 5.73 Å². The van der Waals surface area contributed by atoms with Gasteiger partial charge < -0.3 is 10.5 Å². The second kappa shape index (κ2) is 5.54. The maximum absolute atomic E-state index is 11.6. The predicted molar refractivity (Wildman–Crippen MR) is 65.0 cm³/mol. The maximum Gasteiger partial charge on any atom is 0.310 e. The zero-order valence-electron chi connectivity index (χ0n) is 10.1. The number of anilines is 1. The first-order valence-corrected chi connectivity index (χ1v) is 5.53. The second-order valence-electron chi connectivity index (χ2n) is 4.31. The highest BCUT2D eigenvalue weighted by Crippen LogP contribution is 2.13. The van der Waals surface area contributed by atoms with E-state index in [0.29, 0.717) is 11.6 Å². The third-order valence-corrected chi connectivity index (χ3v) is 2.65. The van der Waals surface area contributed by atoms with Gasteiger partial charge in [-0.25, -0.2) is 0 Å². The zero-order valence-corrected chi connectivity index (χ0v) is 10.1. The molecule has 2 N–H and O–H groups in total. The molecule has 88 valence electrons. The minimum Gasteiger partial charge on any atom is -0.462 e. The van der Waals surface area contributed by atoms with Gasteiger partial charge in [0.2, 0.25) is 0 Å². The number of para-hydroxylation sites is 1. The fraction of sp³-hybridized carbons (Fsp3) is 0.462. The van der Waals surface area contributed by atoms with E-state index in [0.717, 1.165) is 5.56 Å². The molecule has 0 heterocycles. The molecule has 0 bridgehead atoms. The Bertz CT molecular complexity index is 361. The highest BCUT2D eigenvalue weighted by atomic mass is 16.5. The van der Waals surface area contributed by atoms with E-state index in [1.165, 1.54) is 0 Å². The minimum absolute atomic E-state index is 0.0579. The van der Waals surface area contributed by atoms with Crippen molar-refractivity contribution in [3.63, 3.8) is 0 Å². The van der Waals surface area contributed by atoms with E-state index < -0.39 is 0 Å². The van der Waals surface area contributed by atoms with Gasteiger partial charge in [0.1, 0.15) is 6.10 Å². The highest BCUT2D eigenvalue weighted by Gasteiger charge is 2.14. The van der Waals surface area contributed by atoms with Crippen molar-refractivity contribution >= 4 is 11.7 Å². The number of nitrogen functional groups attached to an aromatic ring is 1. The number of rotatable bonds is 4. The fourth-order valence-electron chi connectivity index (χ4n) is 1.24. The Kier molecular flexibility index (Phi) is 4.35. The third-order valence-electron chi connectivity index (χ3n) is 2.65. The summed E-state index contributed by atoms with van der Waals surface area (Å²) in [6.07, 6.45) is 0.182. The van der Waals surface area contributed by atoms with Crippen LogP contribution in [0.5, 0.6) is 0 Å². The highest BCUT2D eigenvalue weighted by molar-refractivity contribution is 5.75. The Hall–Kier alpha value is -1.51. The molecular weight excluding hydrogens is 202 g/mol. The van der Waals surface area contributed by atoms with Crippen molar-refractivity contribution in [1.29, 1.82) is 0 Å². The molecule has 1 rings (SSSR count). The van der Waals surface area contributed by atoms with Crippen LogP contribution >= 0.6 is 0 Å². The van der Waals surface area contributed by atoms with Crippen LogP contribution in [0.15, 0.2) is 24.3 Å². The molecule has 3 heteroatoms. The Morgan fingerprint density at radius 3 is 2.50 bits per heavy atom. The van der Waals surface area contributed by atoms with E-state index in [2.05, 4.69) is 0 Å². The maximum atomic E-state index is 11.6. The predicted octanol–water partition coefficient (Wildman–Crippen LogP) is 2.40. The van der Waals surface area contributed by atoms with Crippen LogP contribution in [-0.4, -0.2) is 12.1 Å². The van der Waals surface area contributed by atoms with Gasteiger partial charge in [-0.1, -0.05) is 32.0 Å². The number of esters is 1. The topological polar surface area (TPSA) is 52.3 Å². The summed E-state index contributed by atoms with van der Waals surface area (Å²) in [5.74, 6) is 0.108. The minimum atomic E-state index is -0.223. The molecule has 0 amide bonds. The van der Waals surface area contributed by atoms with Crippen molar-refractivity contribution in [2.45, 2.75) is 33.3 Å². The van der Waals surface area contributed by atoms with Crippen LogP contribution in [0.1, 0.15) is 26.3 Å². The van der Waals surface area contributed by atoms with Crippen molar-refractivity contribution in [3.8, 4) is 0 Å². The van der Waals surface area contributed by atoms with Gasteiger partial charge in [0.05, 0.1) is 6.42 Å². The van der Waals surface area contributed by atoms with Gasteiger partial charge in [0, 0.05) is 5.69 Å². The summed E-state index contributed by atoms with van der Waals surface area (Å²) in [5, 5.41) is 0. The molecule has 0 aliphatic rings. The Labute approximate surface area is 96.6 Å². The first kappa shape index (κ1) is 12.6. The van der Waals surface area contributed by atoms with E-state index in [-0.39, 0.29) is 18.5 Å². The number of ether oxygens (including phenoxy) is 1. The molecule has 0 spiro atoms. The fourth-order valence-corrected chi connectivity index (χ4v) is 1.24. The number of carbonyl (C=O) groups is 1. The standard InChI is InChI=1S/C13H19NO2/c1-9(2)10(3)16-13(15)8-11-6-4-5-7-12(11)14/h4-7,9-10H,8,14H2,1-3H3. The molecule has 16 heavy (non-hydrogen) atoms. The monoisotopic (exact) mass is 221 g/mol. The van der Waals surface area contributed by atoms with Gasteiger partial charge in [-0.3, -0.25) is 4.79 Å². The first-order chi connectivity index (χ1) is 7.50. The van der Waals surface area contributed by atoms with Crippen molar-refractivity contribution in [3.05, 3.63) is 29.8 Å². The summed E-state index contributed by atoms with van der Waals surface area (Å²) in [4.78, 5) is 11.6. The molecule has 1 aromatic rings. The molecule has 0 saturated carbocycles. The molecule has 1 aromatic carbocycles. The largest absolute Gasteiger partial charge is 0.462 e. The van der Waals surface area contributed by atoms with E-state index in [1.807, 2.05) is 39.0 Å². The van der Waals surface area contributed by atoms with Gasteiger partial charge in [-0.15, -0.1) is 0 Å². The van der Waals surface area contributed by atoms with Crippen LogP contribution in [0.4, 0.5) is 5.69 Å². The summed E-state index contributed by atoms with van der Waals surface area (Å²) < 4.78 is 5.28. The summed E-state index contributed by atoms with van der Waals surface area (Å²) in [6.45, 7) is 5.95. The van der Waals surface area contributed by atoms with Gasteiger partial charge in [0.25, 0.3) is 0 Å². The molecule has 0 aromatic heterocycles. The van der Waals surface area contributed by atoms with Gasteiger partial charge in [-0.2, -0.15) is 0 Å². The molecule has 1 atom stereocenters. The van der Waals surface area contributed by atoms with Gasteiger partial charge >= 0.3 is 5.97 Å². The third kappa shape index (κ3) is 3.57. The van der Waals surface area contributed by atoms with E-state index >= 15 is 0 Å². The van der Waals surface area contributed by atoms with Crippen LogP contribution in [-0.2, 0) is 16.0 Å². The number of carbonyl (C=O) groups excluding carboxylic acids is 1. The molecule has 0 saturated heterocycles. The van der Waals surface area contributed by atoms with Gasteiger partial charge in [-0.05, 0) is 24.5 Å². The summed E-state index contributed by atoms with van der Waals surface area (Å²) in [5.41, 5.74) is 7.21. The first-order valence-electron chi connectivity index (χ1n) is 5.53. The van der Waals surface area contributed by atoms with Crippen LogP contribution in [0.2, 0.25) is 0 Å². The van der Waals surface area contributed by atoms with Crippen LogP contribution < -0.4 is 5.73 Å². The molecule has 3 nitrogen and oxygen atoms in total. The molecule has 0 aliphatic heterocycles. The summed E-state index contributed by atoms with van der Waals surface area (Å²) >= 11 is 0. The lowest BCUT2D eigenvalue weighted by Crippen LogP contribution is -2.21. The lowest BCUT2D eigenvalue weighted by atomic mass is 10.1. The number of hydrogen-bond acceptors (Lipinski definition) is 3. The zero-order chi connectivity index (χ0) is 12.1. The van der Waals surface area contributed by atoms with Gasteiger partial charge in [0.15, 0.2) is 0 Å². The van der Waals surface area contributed by atoms with Crippen molar-refractivity contribution in [2.24, 2.45) is 5.92 Å². The van der Waals surface area contributed by atoms with E-state index in [4.69, 9.17) is 10.5 Å². The second-order valence-corrected chi connectivity index (χ2v) is 4.31. The number of nitrogens with two attached hydrogens (primary N) is 1. The molecule has 1 unspecified atom stereocenters. The number of hydrogen-bond donors (Lipinski definition) is 1. The van der Waals surface area contributed by atoms with E-state index in [9.17, 15) is 4.79 Å². The summed E-state index contributed by atoms with van der Waals surface area (Å²) in [7, 11) is 0. The SMILES string of the molecule is CC(C)C(C)OC(=O)Cc1ccccc1N. The average Bonchev–Trinajstić information content (AvgIpc) is 2.21. The van der Waals surface area contributed by atoms with Crippen molar-refractivity contribution < 1.29 is 9.53 Å². The Morgan fingerprint density at radius 1 is 1.31 bits per heavy atom. The quantitative estimate of drug-likeness (QED) is 0.627. The smallest absolute Gasteiger partial charge is 0.310 e. The van der Waals surface area contributed by atoms with Crippen LogP contribution in [0, 0.1) is 5.92 Å². The normalized spacial score (nSPS) is 12.5.